The van der Waals surface area contributed by atoms with Gasteiger partial charge in [-0.3, -0.25) is 19.3 Å². The van der Waals surface area contributed by atoms with Crippen LogP contribution in [0.25, 0.3) is 0 Å². The molecule has 4 heterocycles. The van der Waals surface area contributed by atoms with Crippen molar-refractivity contribution in [3.05, 3.63) is 32.2 Å². The summed E-state index contributed by atoms with van der Waals surface area (Å²) in [6.07, 6.45) is 0.318. The summed E-state index contributed by atoms with van der Waals surface area (Å²) in [4.78, 5) is 58.8. The summed E-state index contributed by atoms with van der Waals surface area (Å²) in [5.74, 6) is -2.75. The van der Waals surface area contributed by atoms with Gasteiger partial charge in [-0.1, -0.05) is 16.5 Å². The molecule has 0 unspecified atom stereocenters. The molecule has 0 aliphatic carbocycles. The highest BCUT2D eigenvalue weighted by atomic mass is 32.2. The Kier molecular flexibility index (Phi) is 7.38. The number of β-lactam (4-membered cyclic amide) rings is 1. The average molecular weight is 571 g/mol. The third kappa shape index (κ3) is 4.84. The summed E-state index contributed by atoms with van der Waals surface area (Å²) in [6, 6.07) is -1.02. The van der Waals surface area contributed by atoms with E-state index in [1.54, 1.807) is 0 Å². The molecule has 2 atom stereocenters. The van der Waals surface area contributed by atoms with Crippen LogP contribution in [0.4, 0.5) is 10.3 Å². The van der Waals surface area contributed by atoms with E-state index in [9.17, 15) is 29.5 Å². The number of nitrogen functional groups attached to an aromatic ring is 2. The minimum atomic E-state index is -1.28. The Hall–Kier alpha value is -3.35. The molecular weight excluding hydrogens is 553 g/mol. The first-order chi connectivity index (χ1) is 17.1. The van der Waals surface area contributed by atoms with Crippen molar-refractivity contribution in [1.29, 1.82) is 0 Å². The van der Waals surface area contributed by atoms with Gasteiger partial charge in [-0.05, 0) is 0 Å². The van der Waals surface area contributed by atoms with Crippen molar-refractivity contribution in [2.45, 2.75) is 17.8 Å². The molecule has 2 aliphatic rings. The number of primary amides is 1. The van der Waals surface area contributed by atoms with E-state index in [-0.39, 0.29) is 32.3 Å². The van der Waals surface area contributed by atoms with Crippen LogP contribution in [0.5, 0.6) is 0 Å². The maximum Gasteiger partial charge on any atom is 0.353 e. The first-order valence-electron chi connectivity index (χ1n) is 9.95. The number of aromatic nitrogens is 2. The number of thiazole rings is 2. The minimum absolute atomic E-state index is 0.0450. The Morgan fingerprint density at radius 2 is 2.03 bits per heavy atom. The van der Waals surface area contributed by atoms with Gasteiger partial charge >= 0.3 is 5.97 Å². The average Bonchev–Trinajstić information content (AvgIpc) is 3.42. The summed E-state index contributed by atoms with van der Waals surface area (Å²) < 4.78 is 0. The molecule has 14 nitrogen and oxygen atoms in total. The summed E-state index contributed by atoms with van der Waals surface area (Å²) in [6.45, 7) is 0. The van der Waals surface area contributed by atoms with Gasteiger partial charge in [0.25, 0.3) is 17.7 Å². The monoisotopic (exact) mass is 570 g/mol. The summed E-state index contributed by atoms with van der Waals surface area (Å²) in [7, 11) is 0. The molecule has 2 aliphatic heterocycles. The number of anilines is 2. The van der Waals surface area contributed by atoms with E-state index in [1.165, 1.54) is 28.9 Å². The van der Waals surface area contributed by atoms with Gasteiger partial charge in [-0.15, -0.1) is 34.9 Å². The number of thioether (sulfide) groups is 2. The molecule has 190 valence electrons. The predicted molar refractivity (Wildman–Crippen MR) is 136 cm³/mol. The van der Waals surface area contributed by atoms with Crippen LogP contribution >= 0.6 is 46.2 Å². The highest BCUT2D eigenvalue weighted by molar-refractivity contribution is 8.06. The molecule has 3 amide bonds. The van der Waals surface area contributed by atoms with Crippen LogP contribution in [-0.2, 0) is 20.8 Å². The summed E-state index contributed by atoms with van der Waals surface area (Å²) in [5.41, 5.74) is 16.4. The Labute approximate surface area is 219 Å². The number of fused-ring (bicyclic) bond motifs is 1. The third-order valence-corrected chi connectivity index (χ3v) is 9.23. The lowest BCUT2D eigenvalue weighted by Gasteiger charge is -2.49. The molecule has 2 aromatic heterocycles. The van der Waals surface area contributed by atoms with Gasteiger partial charge in [0.2, 0.25) is 0 Å². The van der Waals surface area contributed by atoms with E-state index in [0.717, 1.165) is 27.6 Å². The number of nitrogens with zero attached hydrogens (tertiary/aromatic N) is 4. The largest absolute Gasteiger partial charge is 0.477 e. The smallest absolute Gasteiger partial charge is 0.353 e. The highest BCUT2D eigenvalue weighted by Gasteiger charge is 2.54. The number of carboxylic acid groups (broad SMARTS) is 1. The number of amides is 3. The molecule has 0 saturated carbocycles. The van der Waals surface area contributed by atoms with E-state index in [0.29, 0.717) is 22.8 Å². The number of rotatable bonds is 9. The van der Waals surface area contributed by atoms with Crippen LogP contribution in [0.15, 0.2) is 21.1 Å². The zero-order valence-electron chi connectivity index (χ0n) is 18.0. The normalized spacial score (nSPS) is 19.6. The molecule has 2 aromatic rings. The Bertz CT molecular complexity index is 1320. The molecule has 1 saturated heterocycles. The van der Waals surface area contributed by atoms with E-state index in [2.05, 4.69) is 20.4 Å². The number of oxime groups is 1. The molecule has 0 radical (unpaired) electrons. The standard InChI is InChI=1S/C18H18N8O6S4/c19-12(27)11-5(22-18(21)36-11)1-2-33-7-4-34-15-9(14(29)26(15)10(7)16(30)31)24-13(28)8(25-32)6-3-35-17(20)23-6/h3,9,15,32H,1-2,4H2,(H2,19,27)(H2,20,23)(H2,21,22)(H,24,28)(H,30,31)/b25-8-/t9-,15-/m1/s1. The van der Waals surface area contributed by atoms with Crippen molar-refractivity contribution in [3.63, 3.8) is 0 Å². The molecule has 9 N–H and O–H groups in total. The zero-order chi connectivity index (χ0) is 26.1. The lowest BCUT2D eigenvalue weighted by Crippen LogP contribution is -2.71. The minimum Gasteiger partial charge on any atom is -0.477 e. The van der Waals surface area contributed by atoms with Gasteiger partial charge in [0.1, 0.15) is 27.7 Å². The maximum atomic E-state index is 12.8. The fraction of sp³-hybridized carbons (Fsp3) is 0.278. The van der Waals surface area contributed by atoms with Crippen LogP contribution in [0, 0.1) is 0 Å². The molecule has 1 fully saturated rings. The maximum absolute atomic E-state index is 12.8. The van der Waals surface area contributed by atoms with Gasteiger partial charge in [-0.2, -0.15) is 0 Å². The van der Waals surface area contributed by atoms with Gasteiger partial charge in [-0.25, -0.2) is 14.8 Å². The molecule has 0 bridgehead atoms. The Morgan fingerprint density at radius 1 is 1.28 bits per heavy atom. The number of nitrogens with one attached hydrogen (secondary N) is 1. The Balaban J connectivity index is 1.44. The van der Waals surface area contributed by atoms with Gasteiger partial charge in [0.15, 0.2) is 16.0 Å². The molecule has 4 rings (SSSR count). The molecule has 0 spiro atoms. The van der Waals surface area contributed by atoms with E-state index in [1.807, 2.05) is 0 Å². The molecule has 0 aromatic carbocycles. The highest BCUT2D eigenvalue weighted by Crippen LogP contribution is 2.43. The second-order valence-electron chi connectivity index (χ2n) is 7.25. The molecular formula is C18H18N8O6S4. The number of hydrogen-bond acceptors (Lipinski definition) is 14. The number of carboxylic acids is 1. The van der Waals surface area contributed by atoms with Crippen molar-refractivity contribution in [3.8, 4) is 0 Å². The summed E-state index contributed by atoms with van der Waals surface area (Å²) >= 11 is 4.53. The number of aliphatic carboxylic acids is 1. The van der Waals surface area contributed by atoms with Crippen LogP contribution in [0.2, 0.25) is 0 Å². The quantitative estimate of drug-likeness (QED) is 0.0986. The first kappa shape index (κ1) is 25.7. The SMILES string of the molecule is NC(=O)c1sc(N)nc1CCSC1=C(C(=O)O)N2C(=O)[C@@H](NC(=O)/C(=N\O)c3csc(N)n3)[C@H]2SC1. The second-order valence-corrected chi connectivity index (χ2v) is 11.5. The van der Waals surface area contributed by atoms with Crippen molar-refractivity contribution in [2.24, 2.45) is 10.9 Å². The van der Waals surface area contributed by atoms with Gasteiger partial charge in [0.05, 0.1) is 5.69 Å². The first-order valence-corrected chi connectivity index (χ1v) is 13.7. The van der Waals surface area contributed by atoms with E-state index < -0.39 is 40.8 Å². The zero-order valence-corrected chi connectivity index (χ0v) is 21.3. The number of aryl methyl sites for hydroxylation is 1. The predicted octanol–water partition coefficient (Wildman–Crippen LogP) is -0.287. The number of hydrogen-bond donors (Lipinski definition) is 6. The third-order valence-electron chi connectivity index (χ3n) is 5.05. The van der Waals surface area contributed by atoms with E-state index in [4.69, 9.17) is 17.2 Å². The van der Waals surface area contributed by atoms with Gasteiger partial charge in [0, 0.05) is 28.2 Å². The van der Waals surface area contributed by atoms with Crippen molar-refractivity contribution in [2.75, 3.05) is 23.0 Å². The molecule has 18 heteroatoms. The Morgan fingerprint density at radius 3 is 2.64 bits per heavy atom. The van der Waals surface area contributed by atoms with Crippen molar-refractivity contribution >= 4 is 85.9 Å². The fourth-order valence-corrected chi connectivity index (χ4v) is 7.40. The number of nitrogens with two attached hydrogens (primary N) is 3. The molecule has 36 heavy (non-hydrogen) atoms. The van der Waals surface area contributed by atoms with Crippen LogP contribution in [0.3, 0.4) is 0 Å². The van der Waals surface area contributed by atoms with Crippen LogP contribution in [0.1, 0.15) is 21.1 Å². The van der Waals surface area contributed by atoms with Gasteiger partial charge < -0.3 is 32.8 Å². The number of carbonyl (C=O) groups is 4. The second kappa shape index (κ2) is 10.3. The lowest BCUT2D eigenvalue weighted by atomic mass is 10.0. The number of carbonyl (C=O) groups excluding carboxylic acids is 3. The topological polar surface area (TPSA) is 240 Å². The van der Waals surface area contributed by atoms with Crippen LogP contribution < -0.4 is 22.5 Å². The van der Waals surface area contributed by atoms with E-state index >= 15 is 0 Å². The summed E-state index contributed by atoms with van der Waals surface area (Å²) in [5, 5.41) is 25.6. The van der Waals surface area contributed by atoms with Crippen molar-refractivity contribution < 1.29 is 29.5 Å². The lowest BCUT2D eigenvalue weighted by molar-refractivity contribution is -0.150. The van der Waals surface area contributed by atoms with Crippen molar-refractivity contribution in [1.82, 2.24) is 20.2 Å². The van der Waals surface area contributed by atoms with Crippen LogP contribution in [-0.4, -0.2) is 77.5 Å². The fourth-order valence-electron chi connectivity index (χ4n) is 3.52.